The second kappa shape index (κ2) is 15.7. The van der Waals surface area contributed by atoms with Crippen LogP contribution in [0.3, 0.4) is 0 Å². The van der Waals surface area contributed by atoms with Crippen LogP contribution < -0.4 is 0 Å². The molecule has 0 unspecified atom stereocenters. The lowest BCUT2D eigenvalue weighted by molar-refractivity contribution is 0.769. The van der Waals surface area contributed by atoms with E-state index in [4.69, 9.17) is 4.98 Å². The average molecular weight is 769 g/mol. The van der Waals surface area contributed by atoms with Gasteiger partial charge in [0.05, 0.1) is 16.4 Å². The van der Waals surface area contributed by atoms with Gasteiger partial charge in [-0.3, -0.25) is 4.57 Å². The lowest BCUT2D eigenvalue weighted by Crippen LogP contribution is -2.28. The first kappa shape index (κ1) is 36.8. The number of imidazole rings is 1. The van der Waals surface area contributed by atoms with E-state index in [0.717, 1.165) is 28.1 Å². The highest BCUT2D eigenvalue weighted by Gasteiger charge is 2.46. The molecule has 1 aliphatic carbocycles. The summed E-state index contributed by atoms with van der Waals surface area (Å²) in [5, 5.41) is 2.50. The number of hydrogen-bond donors (Lipinski definition) is 0. The molecule has 0 saturated heterocycles. The number of allylic oxidation sites excluding steroid dienone is 2. The second-order valence-electron chi connectivity index (χ2n) is 15.4. The largest absolute Gasteiger partial charge is 0.292 e. The van der Waals surface area contributed by atoms with Gasteiger partial charge in [-0.25, -0.2) is 4.98 Å². The summed E-state index contributed by atoms with van der Waals surface area (Å²) < 4.78 is 2.27. The molecular formula is C58H44N2. The zero-order valence-corrected chi connectivity index (χ0v) is 33.8. The van der Waals surface area contributed by atoms with E-state index in [0.29, 0.717) is 0 Å². The van der Waals surface area contributed by atoms with Gasteiger partial charge >= 0.3 is 0 Å². The van der Waals surface area contributed by atoms with E-state index in [1.54, 1.807) is 0 Å². The monoisotopic (exact) mass is 768 g/mol. The molecule has 1 aromatic heterocycles. The van der Waals surface area contributed by atoms with E-state index in [1.165, 1.54) is 66.4 Å². The molecule has 0 aliphatic heterocycles. The third-order valence-corrected chi connectivity index (χ3v) is 12.0. The van der Waals surface area contributed by atoms with Gasteiger partial charge in [0.1, 0.15) is 5.82 Å². The smallest absolute Gasteiger partial charge is 0.145 e. The van der Waals surface area contributed by atoms with Crippen molar-refractivity contribution in [1.82, 2.24) is 9.55 Å². The van der Waals surface area contributed by atoms with E-state index in [2.05, 4.69) is 223 Å². The Balaban J connectivity index is 0.00000104. The zero-order valence-electron chi connectivity index (χ0n) is 33.8. The molecule has 10 aromatic rings. The van der Waals surface area contributed by atoms with Crippen molar-refractivity contribution in [3.63, 3.8) is 0 Å². The van der Waals surface area contributed by atoms with Crippen molar-refractivity contribution >= 4 is 21.8 Å². The summed E-state index contributed by atoms with van der Waals surface area (Å²) in [5.41, 5.74) is 16.2. The van der Waals surface area contributed by atoms with Gasteiger partial charge in [-0.15, -0.1) is 0 Å². The van der Waals surface area contributed by atoms with Crippen molar-refractivity contribution in [2.24, 2.45) is 0 Å². The van der Waals surface area contributed by atoms with E-state index in [-0.39, 0.29) is 0 Å². The highest BCUT2D eigenvalue weighted by Crippen LogP contribution is 2.57. The molecule has 0 radical (unpaired) electrons. The predicted molar refractivity (Wildman–Crippen MR) is 253 cm³/mol. The first-order chi connectivity index (χ1) is 29.7. The number of nitrogens with zero attached hydrogens (tertiary/aromatic N) is 2. The number of fused-ring (bicyclic) bond motifs is 5. The molecule has 0 saturated carbocycles. The van der Waals surface area contributed by atoms with Crippen LogP contribution in [0.5, 0.6) is 0 Å². The van der Waals surface area contributed by atoms with Crippen LogP contribution in [-0.4, -0.2) is 9.55 Å². The molecule has 11 rings (SSSR count). The first-order valence-electron chi connectivity index (χ1n) is 20.8. The highest BCUT2D eigenvalue weighted by molar-refractivity contribution is 5.92. The molecular weight excluding hydrogens is 725 g/mol. The summed E-state index contributed by atoms with van der Waals surface area (Å²) in [6.07, 6.45) is 4.00. The minimum absolute atomic E-state index is 0.518. The fourth-order valence-corrected chi connectivity index (χ4v) is 9.09. The standard InChI is InChI=1S/C54H36N2.C4H8/c1-4-15-39(16-5-1)53-55-51-22-12-13-23-52(51)56(53)46-30-26-38(27-31-46)42-28-32-47-48-33-29-43(41-25-24-37-14-10-11-17-40(37)34-41)36-50(48)54(49(47)35-42,44-18-6-2-7-19-44)45-20-8-3-9-21-45;1-3-4-2/h1-36H;3-4H,1-2H3/b;4-3-. The van der Waals surface area contributed by atoms with Gasteiger partial charge in [0.2, 0.25) is 0 Å². The van der Waals surface area contributed by atoms with Gasteiger partial charge in [-0.1, -0.05) is 188 Å². The SMILES string of the molecule is C/C=C\C.c1ccc(-c2nc3ccccc3n2-c2ccc(-c3ccc4c(c3)C(c3ccccc3)(c3ccccc3)c3cc(-c5ccc6ccccc6c5)ccc3-4)cc2)cc1. The van der Waals surface area contributed by atoms with E-state index in [1.807, 2.05) is 26.0 Å². The number of benzene rings is 9. The number of hydrogen-bond acceptors (Lipinski definition) is 1. The third kappa shape index (κ3) is 6.25. The fourth-order valence-electron chi connectivity index (χ4n) is 9.09. The maximum absolute atomic E-state index is 5.07. The van der Waals surface area contributed by atoms with Gasteiger partial charge in [0, 0.05) is 11.3 Å². The Hall–Kier alpha value is -7.55. The first-order valence-corrected chi connectivity index (χ1v) is 20.8. The Morgan fingerprint density at radius 2 is 0.883 bits per heavy atom. The average Bonchev–Trinajstić information content (AvgIpc) is 3.86. The van der Waals surface area contributed by atoms with Crippen molar-refractivity contribution < 1.29 is 0 Å². The maximum atomic E-state index is 5.07. The molecule has 1 heterocycles. The fraction of sp³-hybridized carbons (Fsp3) is 0.0517. The van der Waals surface area contributed by atoms with E-state index >= 15 is 0 Å². The molecule has 1 aliphatic rings. The van der Waals surface area contributed by atoms with Crippen molar-refractivity contribution in [3.8, 4) is 50.5 Å². The molecule has 60 heavy (non-hydrogen) atoms. The quantitative estimate of drug-likeness (QED) is 0.154. The Morgan fingerprint density at radius 1 is 0.400 bits per heavy atom. The van der Waals surface area contributed by atoms with Crippen LogP contribution in [0.15, 0.2) is 231 Å². The normalized spacial score (nSPS) is 12.6. The molecule has 9 aromatic carbocycles. The number of rotatable bonds is 6. The van der Waals surface area contributed by atoms with Crippen LogP contribution in [0.4, 0.5) is 0 Å². The summed E-state index contributed by atoms with van der Waals surface area (Å²) in [6, 6.07) is 79.6. The molecule has 0 fully saturated rings. The Kier molecular flexibility index (Phi) is 9.60. The summed E-state index contributed by atoms with van der Waals surface area (Å²) in [5.74, 6) is 0.938. The van der Waals surface area contributed by atoms with Crippen molar-refractivity contribution in [2.75, 3.05) is 0 Å². The van der Waals surface area contributed by atoms with Crippen molar-refractivity contribution in [2.45, 2.75) is 19.3 Å². The summed E-state index contributed by atoms with van der Waals surface area (Å²) >= 11 is 0. The molecule has 0 N–H and O–H groups in total. The van der Waals surface area contributed by atoms with Gasteiger partial charge in [-0.2, -0.15) is 0 Å². The molecule has 0 bridgehead atoms. The highest BCUT2D eigenvalue weighted by atomic mass is 15.1. The topological polar surface area (TPSA) is 17.8 Å². The van der Waals surface area contributed by atoms with Crippen LogP contribution in [0, 0.1) is 0 Å². The van der Waals surface area contributed by atoms with Crippen LogP contribution in [0.25, 0.3) is 72.3 Å². The van der Waals surface area contributed by atoms with Crippen molar-refractivity contribution in [1.29, 1.82) is 0 Å². The van der Waals surface area contributed by atoms with Crippen LogP contribution >= 0.6 is 0 Å². The molecule has 0 atom stereocenters. The summed E-state index contributed by atoms with van der Waals surface area (Å²) in [6.45, 7) is 4.00. The van der Waals surface area contributed by atoms with Crippen LogP contribution in [-0.2, 0) is 5.41 Å². The van der Waals surface area contributed by atoms with Gasteiger partial charge < -0.3 is 0 Å². The minimum atomic E-state index is -0.518. The lowest BCUT2D eigenvalue weighted by Gasteiger charge is -2.34. The maximum Gasteiger partial charge on any atom is 0.145 e. The molecule has 2 nitrogen and oxygen atoms in total. The third-order valence-electron chi connectivity index (χ3n) is 12.0. The Bertz CT molecular complexity index is 3100. The van der Waals surface area contributed by atoms with Gasteiger partial charge in [0.25, 0.3) is 0 Å². The van der Waals surface area contributed by atoms with Crippen LogP contribution in [0.1, 0.15) is 36.1 Å². The Labute approximate surface area is 352 Å². The van der Waals surface area contributed by atoms with Gasteiger partial charge in [-0.05, 0) is 123 Å². The molecule has 0 spiro atoms. The van der Waals surface area contributed by atoms with Crippen LogP contribution in [0.2, 0.25) is 0 Å². The summed E-state index contributed by atoms with van der Waals surface area (Å²) in [7, 11) is 0. The summed E-state index contributed by atoms with van der Waals surface area (Å²) in [4.78, 5) is 5.07. The minimum Gasteiger partial charge on any atom is -0.292 e. The van der Waals surface area contributed by atoms with E-state index in [9.17, 15) is 0 Å². The predicted octanol–water partition coefficient (Wildman–Crippen LogP) is 15.1. The molecule has 2 heteroatoms. The Morgan fingerprint density at radius 3 is 1.50 bits per heavy atom. The second-order valence-corrected chi connectivity index (χ2v) is 15.4. The molecule has 0 amide bonds. The zero-order chi connectivity index (χ0) is 40.5. The lowest BCUT2D eigenvalue weighted by atomic mass is 9.67. The molecule has 286 valence electrons. The number of para-hydroxylation sites is 2. The number of aromatic nitrogens is 2. The van der Waals surface area contributed by atoms with Crippen molar-refractivity contribution in [3.05, 3.63) is 253 Å². The van der Waals surface area contributed by atoms with Gasteiger partial charge in [0.15, 0.2) is 0 Å². The van der Waals surface area contributed by atoms with E-state index < -0.39 is 5.41 Å².